The van der Waals surface area contributed by atoms with Crippen molar-refractivity contribution in [1.29, 1.82) is 0 Å². The van der Waals surface area contributed by atoms with Crippen LogP contribution in [0.15, 0.2) is 29.1 Å². The summed E-state index contributed by atoms with van der Waals surface area (Å²) in [7, 11) is 0. The molecule has 2 rings (SSSR count). The highest BCUT2D eigenvalue weighted by molar-refractivity contribution is 6.30. The number of nitrogens with two attached hydrogens (primary N) is 1. The Morgan fingerprint density at radius 3 is 2.73 bits per heavy atom. The molecule has 1 heterocycles. The number of aromatic amines is 1. The number of hydrogen-bond donors (Lipinski definition) is 2. The average Bonchev–Trinajstić information content (AvgIpc) is 2.50. The van der Waals surface area contributed by atoms with Gasteiger partial charge in [-0.25, -0.2) is 4.68 Å². The van der Waals surface area contributed by atoms with E-state index < -0.39 is 0 Å². The molecule has 0 fully saturated rings. The molecule has 0 amide bonds. The summed E-state index contributed by atoms with van der Waals surface area (Å²) in [6.45, 7) is 1.80. The minimum atomic E-state index is -0.151. The summed E-state index contributed by atoms with van der Waals surface area (Å²) in [5.41, 5.74) is 7.46. The second-order valence-electron chi connectivity index (χ2n) is 3.32. The Balaban J connectivity index is 2.68. The molecular formula is C10H10ClN3O. The van der Waals surface area contributed by atoms with E-state index in [1.165, 1.54) is 10.7 Å². The van der Waals surface area contributed by atoms with E-state index in [1.54, 1.807) is 25.1 Å². The topological polar surface area (TPSA) is 63.8 Å². The van der Waals surface area contributed by atoms with Crippen molar-refractivity contribution in [3.63, 3.8) is 0 Å². The fourth-order valence-electron chi connectivity index (χ4n) is 1.40. The second-order valence-corrected chi connectivity index (χ2v) is 3.75. The third-order valence-electron chi connectivity index (χ3n) is 2.08. The Hall–Kier alpha value is -1.68. The van der Waals surface area contributed by atoms with Crippen LogP contribution in [0.3, 0.4) is 0 Å². The van der Waals surface area contributed by atoms with Gasteiger partial charge in [0.05, 0.1) is 11.4 Å². The molecule has 0 unspecified atom stereocenters. The van der Waals surface area contributed by atoms with E-state index in [1.807, 2.05) is 0 Å². The number of nitrogens with zero attached hydrogens (tertiary/aromatic N) is 1. The van der Waals surface area contributed by atoms with Gasteiger partial charge in [-0.1, -0.05) is 11.6 Å². The fourth-order valence-corrected chi connectivity index (χ4v) is 1.57. The van der Waals surface area contributed by atoms with Crippen LogP contribution in [0.2, 0.25) is 5.02 Å². The quantitative estimate of drug-likeness (QED) is 0.723. The minimum Gasteiger partial charge on any atom is -0.397 e. The van der Waals surface area contributed by atoms with Crippen molar-refractivity contribution < 1.29 is 0 Å². The fraction of sp³-hybridized carbons (Fsp3) is 0.100. The van der Waals surface area contributed by atoms with Crippen LogP contribution >= 0.6 is 11.6 Å². The molecule has 5 heteroatoms. The maximum absolute atomic E-state index is 11.5. The summed E-state index contributed by atoms with van der Waals surface area (Å²) in [6.07, 6.45) is 0. The first-order chi connectivity index (χ1) is 7.08. The highest BCUT2D eigenvalue weighted by Gasteiger charge is 2.06. The van der Waals surface area contributed by atoms with Crippen LogP contribution in [0.25, 0.3) is 5.69 Å². The Kier molecular flexibility index (Phi) is 2.28. The number of nitrogens with one attached hydrogen (secondary N) is 1. The van der Waals surface area contributed by atoms with Gasteiger partial charge in [0.2, 0.25) is 0 Å². The lowest BCUT2D eigenvalue weighted by atomic mass is 10.3. The molecular weight excluding hydrogens is 214 g/mol. The van der Waals surface area contributed by atoms with Gasteiger partial charge in [0.25, 0.3) is 5.56 Å². The lowest BCUT2D eigenvalue weighted by Gasteiger charge is -2.05. The molecule has 0 aliphatic rings. The normalized spacial score (nSPS) is 10.5. The first-order valence-corrected chi connectivity index (χ1v) is 4.80. The lowest BCUT2D eigenvalue weighted by Crippen LogP contribution is -2.15. The van der Waals surface area contributed by atoms with Crippen LogP contribution in [0.1, 0.15) is 5.69 Å². The van der Waals surface area contributed by atoms with Crippen molar-refractivity contribution in [3.8, 4) is 5.69 Å². The zero-order chi connectivity index (χ0) is 11.0. The molecule has 0 atom stereocenters. The highest BCUT2D eigenvalue weighted by atomic mass is 35.5. The largest absolute Gasteiger partial charge is 0.397 e. The average molecular weight is 224 g/mol. The number of halogens is 1. The molecule has 78 valence electrons. The highest BCUT2D eigenvalue weighted by Crippen LogP contribution is 2.20. The first kappa shape index (κ1) is 9.86. The molecule has 15 heavy (non-hydrogen) atoms. The Bertz CT molecular complexity index is 556. The van der Waals surface area contributed by atoms with Crippen molar-refractivity contribution in [2.75, 3.05) is 5.73 Å². The van der Waals surface area contributed by atoms with Crippen molar-refractivity contribution in [2.45, 2.75) is 6.92 Å². The zero-order valence-electron chi connectivity index (χ0n) is 8.12. The summed E-state index contributed by atoms with van der Waals surface area (Å²) in [4.78, 5) is 11.5. The monoisotopic (exact) mass is 223 g/mol. The second kappa shape index (κ2) is 3.47. The van der Waals surface area contributed by atoms with Crippen LogP contribution in [-0.2, 0) is 0 Å². The van der Waals surface area contributed by atoms with E-state index in [2.05, 4.69) is 5.10 Å². The van der Waals surface area contributed by atoms with Crippen LogP contribution in [0.5, 0.6) is 0 Å². The van der Waals surface area contributed by atoms with Gasteiger partial charge in [-0.15, -0.1) is 0 Å². The van der Waals surface area contributed by atoms with E-state index in [0.29, 0.717) is 16.4 Å². The van der Waals surface area contributed by atoms with Crippen molar-refractivity contribution in [1.82, 2.24) is 9.78 Å². The van der Waals surface area contributed by atoms with Crippen LogP contribution in [0.4, 0.5) is 5.69 Å². The van der Waals surface area contributed by atoms with Gasteiger partial charge in [-0.05, 0) is 25.1 Å². The summed E-state index contributed by atoms with van der Waals surface area (Å²) in [5.74, 6) is 0. The first-order valence-electron chi connectivity index (χ1n) is 4.42. The van der Waals surface area contributed by atoms with E-state index in [9.17, 15) is 4.79 Å². The number of anilines is 1. The van der Waals surface area contributed by atoms with Gasteiger partial charge in [0, 0.05) is 16.8 Å². The molecule has 2 aromatic rings. The van der Waals surface area contributed by atoms with Gasteiger partial charge in [0.1, 0.15) is 0 Å². The number of benzene rings is 1. The molecule has 0 aliphatic heterocycles. The van der Waals surface area contributed by atoms with Crippen molar-refractivity contribution in [3.05, 3.63) is 45.3 Å². The third kappa shape index (κ3) is 1.76. The number of rotatable bonds is 1. The molecule has 0 aliphatic carbocycles. The van der Waals surface area contributed by atoms with Gasteiger partial charge < -0.3 is 5.73 Å². The molecule has 1 aromatic heterocycles. The summed E-state index contributed by atoms with van der Waals surface area (Å²) < 4.78 is 1.37. The van der Waals surface area contributed by atoms with E-state index >= 15 is 0 Å². The molecule has 0 radical (unpaired) electrons. The number of nitrogen functional groups attached to an aromatic ring is 1. The maximum Gasteiger partial charge on any atom is 0.271 e. The maximum atomic E-state index is 11.5. The van der Waals surface area contributed by atoms with Gasteiger partial charge >= 0.3 is 0 Å². The van der Waals surface area contributed by atoms with Gasteiger partial charge in [-0.3, -0.25) is 9.89 Å². The minimum absolute atomic E-state index is 0.151. The smallest absolute Gasteiger partial charge is 0.271 e. The van der Waals surface area contributed by atoms with Crippen LogP contribution < -0.4 is 11.3 Å². The molecule has 4 nitrogen and oxygen atoms in total. The van der Waals surface area contributed by atoms with Gasteiger partial charge in [0.15, 0.2) is 0 Å². The van der Waals surface area contributed by atoms with E-state index in [4.69, 9.17) is 17.3 Å². The summed E-state index contributed by atoms with van der Waals surface area (Å²) in [5, 5.41) is 3.43. The number of H-pyrrole nitrogens is 1. The molecule has 0 bridgehead atoms. The lowest BCUT2D eigenvalue weighted by molar-refractivity contribution is 0.837. The number of aromatic nitrogens is 2. The zero-order valence-corrected chi connectivity index (χ0v) is 8.88. The molecule has 3 N–H and O–H groups in total. The Labute approximate surface area is 91.3 Å². The van der Waals surface area contributed by atoms with E-state index in [-0.39, 0.29) is 5.56 Å². The predicted octanol–water partition coefficient (Wildman–Crippen LogP) is 1.71. The predicted molar refractivity (Wildman–Crippen MR) is 60.5 cm³/mol. The van der Waals surface area contributed by atoms with Crippen LogP contribution in [0, 0.1) is 6.92 Å². The van der Waals surface area contributed by atoms with Crippen LogP contribution in [-0.4, -0.2) is 9.78 Å². The number of aryl methyl sites for hydroxylation is 1. The number of hydrogen-bond acceptors (Lipinski definition) is 2. The Morgan fingerprint density at radius 1 is 1.40 bits per heavy atom. The molecule has 0 saturated carbocycles. The standard InChI is InChI=1S/C10H10ClN3O/c1-6-4-10(15)14(13-6)9-5-7(11)2-3-8(9)12/h2-5,13H,12H2,1H3. The van der Waals surface area contributed by atoms with Crippen molar-refractivity contribution >= 4 is 17.3 Å². The van der Waals surface area contributed by atoms with E-state index in [0.717, 1.165) is 5.69 Å². The SMILES string of the molecule is Cc1cc(=O)n(-c2cc(Cl)ccc2N)[nH]1. The summed E-state index contributed by atoms with van der Waals surface area (Å²) >= 11 is 5.84. The van der Waals surface area contributed by atoms with Crippen molar-refractivity contribution in [2.24, 2.45) is 0 Å². The molecule has 0 spiro atoms. The summed E-state index contributed by atoms with van der Waals surface area (Å²) in [6, 6.07) is 6.50. The Morgan fingerprint density at radius 2 is 2.13 bits per heavy atom. The van der Waals surface area contributed by atoms with Gasteiger partial charge in [-0.2, -0.15) is 0 Å². The molecule has 1 aromatic carbocycles. The molecule has 0 saturated heterocycles. The third-order valence-corrected chi connectivity index (χ3v) is 2.32.